The third kappa shape index (κ3) is 4.65. The van der Waals surface area contributed by atoms with Gasteiger partial charge in [0, 0.05) is 13.6 Å². The lowest BCUT2D eigenvalue weighted by Gasteiger charge is -2.30. The highest BCUT2D eigenvalue weighted by Crippen LogP contribution is 2.26. The minimum absolute atomic E-state index is 0.0943. The second-order valence-corrected chi connectivity index (χ2v) is 5.47. The molecule has 0 saturated heterocycles. The summed E-state index contributed by atoms with van der Waals surface area (Å²) >= 11 is 0. The molecule has 3 heteroatoms. The Morgan fingerprint density at radius 1 is 1.40 bits per heavy atom. The molecule has 0 unspecified atom stereocenters. The first-order valence-corrected chi connectivity index (χ1v) is 5.76. The minimum Gasteiger partial charge on any atom is -0.366 e. The lowest BCUT2D eigenvalue weighted by atomic mass is 9.85. The van der Waals surface area contributed by atoms with Crippen LogP contribution in [-0.2, 0) is 9.53 Å². The van der Waals surface area contributed by atoms with Crippen LogP contribution >= 0.6 is 0 Å². The van der Waals surface area contributed by atoms with Crippen LogP contribution in [-0.4, -0.2) is 36.6 Å². The highest BCUT2D eigenvalue weighted by molar-refractivity contribution is 5.77. The number of hydrogen-bond donors (Lipinski definition) is 0. The zero-order valence-corrected chi connectivity index (χ0v) is 10.4. The molecule has 88 valence electrons. The van der Waals surface area contributed by atoms with Crippen molar-refractivity contribution in [3.8, 4) is 0 Å². The number of hydrogen-bond acceptors (Lipinski definition) is 2. The summed E-state index contributed by atoms with van der Waals surface area (Å²) in [6.45, 7) is 6.99. The third-order valence-electron chi connectivity index (χ3n) is 2.81. The molecule has 1 saturated carbocycles. The quantitative estimate of drug-likeness (QED) is 0.715. The average Bonchev–Trinajstić information content (AvgIpc) is 2.05. The number of ether oxygens (including phenoxy) is 1. The molecule has 0 aromatic carbocycles. The number of likely N-dealkylation sites (N-methyl/N-ethyl adjacent to an activating group) is 1. The minimum atomic E-state index is -0.229. The van der Waals surface area contributed by atoms with Crippen LogP contribution in [0.1, 0.15) is 40.0 Å². The van der Waals surface area contributed by atoms with Crippen LogP contribution in [0.2, 0.25) is 0 Å². The van der Waals surface area contributed by atoms with Crippen molar-refractivity contribution in [3.63, 3.8) is 0 Å². The molecule has 0 spiro atoms. The Hall–Kier alpha value is -0.570. The Kier molecular flexibility index (Phi) is 4.14. The summed E-state index contributed by atoms with van der Waals surface area (Å²) in [6.07, 6.45) is 3.88. The summed E-state index contributed by atoms with van der Waals surface area (Å²) in [5.41, 5.74) is -0.229. The first kappa shape index (κ1) is 12.5. The second-order valence-electron chi connectivity index (χ2n) is 5.47. The number of nitrogens with zero attached hydrogens (tertiary/aromatic N) is 1. The van der Waals surface area contributed by atoms with Crippen molar-refractivity contribution in [2.24, 2.45) is 5.92 Å². The second kappa shape index (κ2) is 4.97. The van der Waals surface area contributed by atoms with Gasteiger partial charge in [-0.25, -0.2) is 0 Å². The molecule has 0 N–H and O–H groups in total. The van der Waals surface area contributed by atoms with Gasteiger partial charge in [0.25, 0.3) is 0 Å². The number of carbonyl (C=O) groups is 1. The highest BCUT2D eigenvalue weighted by atomic mass is 16.5. The molecule has 1 rings (SSSR count). The first-order chi connectivity index (χ1) is 6.88. The van der Waals surface area contributed by atoms with E-state index >= 15 is 0 Å². The molecule has 0 bridgehead atoms. The van der Waals surface area contributed by atoms with Gasteiger partial charge in [-0.1, -0.05) is 6.42 Å². The predicted molar refractivity (Wildman–Crippen MR) is 60.7 cm³/mol. The Labute approximate surface area is 92.8 Å². The monoisotopic (exact) mass is 213 g/mol. The van der Waals surface area contributed by atoms with Gasteiger partial charge in [-0.15, -0.1) is 0 Å². The van der Waals surface area contributed by atoms with Crippen LogP contribution in [0.3, 0.4) is 0 Å². The normalized spacial score (nSPS) is 17.3. The largest absolute Gasteiger partial charge is 0.366 e. The Bertz CT molecular complexity index is 216. The molecular weight excluding hydrogens is 190 g/mol. The Morgan fingerprint density at radius 3 is 2.40 bits per heavy atom. The summed E-state index contributed by atoms with van der Waals surface area (Å²) in [6, 6.07) is 0. The maximum atomic E-state index is 11.7. The summed E-state index contributed by atoms with van der Waals surface area (Å²) in [4.78, 5) is 13.5. The van der Waals surface area contributed by atoms with Gasteiger partial charge in [0.2, 0.25) is 5.91 Å². The van der Waals surface area contributed by atoms with Gasteiger partial charge in [-0.2, -0.15) is 0 Å². The zero-order valence-electron chi connectivity index (χ0n) is 10.4. The van der Waals surface area contributed by atoms with Crippen LogP contribution in [0.5, 0.6) is 0 Å². The average molecular weight is 213 g/mol. The van der Waals surface area contributed by atoms with E-state index in [2.05, 4.69) is 0 Å². The zero-order chi connectivity index (χ0) is 11.5. The molecule has 15 heavy (non-hydrogen) atoms. The fourth-order valence-corrected chi connectivity index (χ4v) is 1.55. The van der Waals surface area contributed by atoms with Crippen molar-refractivity contribution in [2.75, 3.05) is 20.2 Å². The van der Waals surface area contributed by atoms with E-state index in [1.54, 1.807) is 4.90 Å². The molecule has 0 aromatic heterocycles. The van der Waals surface area contributed by atoms with E-state index in [0.717, 1.165) is 12.5 Å². The van der Waals surface area contributed by atoms with Crippen LogP contribution in [0.15, 0.2) is 0 Å². The van der Waals surface area contributed by atoms with Crippen LogP contribution in [0.4, 0.5) is 0 Å². The van der Waals surface area contributed by atoms with Crippen molar-refractivity contribution >= 4 is 5.91 Å². The van der Waals surface area contributed by atoms with E-state index < -0.39 is 0 Å². The standard InChI is InChI=1S/C12H23NO2/c1-12(2,3)15-9-11(14)13(4)8-10-6-5-7-10/h10H,5-9H2,1-4H3. The maximum absolute atomic E-state index is 11.7. The Morgan fingerprint density at radius 2 is 2.00 bits per heavy atom. The van der Waals surface area contributed by atoms with Crippen molar-refractivity contribution in [3.05, 3.63) is 0 Å². The van der Waals surface area contributed by atoms with Crippen molar-refractivity contribution in [1.82, 2.24) is 4.90 Å². The van der Waals surface area contributed by atoms with Gasteiger partial charge in [0.1, 0.15) is 6.61 Å². The SMILES string of the molecule is CN(CC1CCC1)C(=O)COC(C)(C)C. The maximum Gasteiger partial charge on any atom is 0.248 e. The first-order valence-electron chi connectivity index (χ1n) is 5.76. The van der Waals surface area contributed by atoms with Crippen molar-refractivity contribution in [2.45, 2.75) is 45.6 Å². The predicted octanol–water partition coefficient (Wildman–Crippen LogP) is 2.06. The molecule has 1 aliphatic rings. The molecule has 0 radical (unpaired) electrons. The number of carbonyl (C=O) groups excluding carboxylic acids is 1. The molecule has 1 fully saturated rings. The molecule has 0 atom stereocenters. The molecular formula is C12H23NO2. The lowest BCUT2D eigenvalue weighted by molar-refractivity contribution is -0.140. The van der Waals surface area contributed by atoms with E-state index in [4.69, 9.17) is 4.74 Å². The van der Waals surface area contributed by atoms with Crippen LogP contribution < -0.4 is 0 Å². The van der Waals surface area contributed by atoms with Gasteiger partial charge in [-0.05, 0) is 39.5 Å². The number of amides is 1. The van der Waals surface area contributed by atoms with Gasteiger partial charge >= 0.3 is 0 Å². The molecule has 1 aliphatic carbocycles. The van der Waals surface area contributed by atoms with Crippen molar-refractivity contribution in [1.29, 1.82) is 0 Å². The summed E-state index contributed by atoms with van der Waals surface area (Å²) in [5, 5.41) is 0. The van der Waals surface area contributed by atoms with E-state index in [1.165, 1.54) is 19.3 Å². The summed E-state index contributed by atoms with van der Waals surface area (Å²) < 4.78 is 5.45. The third-order valence-corrected chi connectivity index (χ3v) is 2.81. The van der Waals surface area contributed by atoms with Crippen LogP contribution in [0.25, 0.3) is 0 Å². The molecule has 0 aliphatic heterocycles. The van der Waals surface area contributed by atoms with Gasteiger partial charge in [0.05, 0.1) is 5.60 Å². The fourth-order valence-electron chi connectivity index (χ4n) is 1.55. The summed E-state index contributed by atoms with van der Waals surface area (Å²) in [7, 11) is 1.87. The van der Waals surface area contributed by atoms with E-state index in [1.807, 2.05) is 27.8 Å². The van der Waals surface area contributed by atoms with Gasteiger partial charge < -0.3 is 9.64 Å². The topological polar surface area (TPSA) is 29.5 Å². The van der Waals surface area contributed by atoms with E-state index in [0.29, 0.717) is 0 Å². The van der Waals surface area contributed by atoms with Crippen LogP contribution in [0, 0.1) is 5.92 Å². The molecule has 3 nitrogen and oxygen atoms in total. The van der Waals surface area contributed by atoms with Crippen molar-refractivity contribution < 1.29 is 9.53 Å². The van der Waals surface area contributed by atoms with Gasteiger partial charge in [-0.3, -0.25) is 4.79 Å². The Balaban J connectivity index is 2.20. The fraction of sp³-hybridized carbons (Fsp3) is 0.917. The van der Waals surface area contributed by atoms with E-state index in [9.17, 15) is 4.79 Å². The van der Waals surface area contributed by atoms with E-state index in [-0.39, 0.29) is 18.1 Å². The smallest absolute Gasteiger partial charge is 0.248 e. The molecule has 0 heterocycles. The summed E-state index contributed by atoms with van der Waals surface area (Å²) in [5.74, 6) is 0.824. The highest BCUT2D eigenvalue weighted by Gasteiger charge is 2.22. The molecule has 0 aromatic rings. The number of rotatable bonds is 4. The molecule has 1 amide bonds. The van der Waals surface area contributed by atoms with Gasteiger partial charge in [0.15, 0.2) is 0 Å². The lowest BCUT2D eigenvalue weighted by Crippen LogP contribution is -2.38.